The number of alkyl halides is 3. The van der Waals surface area contributed by atoms with Gasteiger partial charge in [0, 0.05) is 14.1 Å². The van der Waals surface area contributed by atoms with E-state index in [2.05, 4.69) is 0 Å². The van der Waals surface area contributed by atoms with E-state index < -0.39 is 11.7 Å². The molecule has 0 amide bonds. The summed E-state index contributed by atoms with van der Waals surface area (Å²) in [6.45, 7) is 3.07. The van der Waals surface area contributed by atoms with Crippen LogP contribution in [0.25, 0.3) is 0 Å². The quantitative estimate of drug-likeness (QED) is 0.551. The molecule has 0 aliphatic rings. The van der Waals surface area contributed by atoms with Crippen LogP contribution >= 0.6 is 0 Å². The summed E-state index contributed by atoms with van der Waals surface area (Å²) in [7, 11) is 3.06. The zero-order valence-electron chi connectivity index (χ0n) is 9.81. The molecule has 0 atom stereocenters. The number of hydrogen-bond acceptors (Lipinski definition) is 2. The van der Waals surface area contributed by atoms with Crippen LogP contribution in [0.5, 0.6) is 0 Å². The van der Waals surface area contributed by atoms with Gasteiger partial charge in [-0.2, -0.15) is 18.4 Å². The second-order valence-electron chi connectivity index (χ2n) is 3.58. The molecule has 0 aliphatic heterocycles. The fourth-order valence-electron chi connectivity index (χ4n) is 1.04. The first-order valence-corrected chi connectivity index (χ1v) is 4.80. The van der Waals surface area contributed by atoms with E-state index in [1.54, 1.807) is 13.0 Å². The van der Waals surface area contributed by atoms with Gasteiger partial charge in [-0.3, -0.25) is 0 Å². The van der Waals surface area contributed by atoms with Crippen LogP contribution in [-0.4, -0.2) is 25.2 Å². The summed E-state index contributed by atoms with van der Waals surface area (Å²) in [6.07, 6.45) is -3.23. The van der Waals surface area contributed by atoms with Crippen molar-refractivity contribution in [3.05, 3.63) is 22.9 Å². The summed E-state index contributed by atoms with van der Waals surface area (Å²) in [6, 6.07) is 1.74. The highest BCUT2D eigenvalue weighted by atomic mass is 19.4. The Morgan fingerprint density at radius 3 is 2.12 bits per heavy atom. The molecule has 0 saturated carbocycles. The third-order valence-corrected chi connectivity index (χ3v) is 2.17. The van der Waals surface area contributed by atoms with Crippen LogP contribution in [0.1, 0.15) is 20.3 Å². The first kappa shape index (κ1) is 14.6. The van der Waals surface area contributed by atoms with Crippen molar-refractivity contribution >= 4 is 0 Å². The van der Waals surface area contributed by atoms with Crippen molar-refractivity contribution in [2.45, 2.75) is 26.4 Å². The van der Waals surface area contributed by atoms with E-state index in [4.69, 9.17) is 5.26 Å². The van der Waals surface area contributed by atoms with Gasteiger partial charge in [-0.05, 0) is 19.4 Å². The van der Waals surface area contributed by atoms with E-state index in [-0.39, 0.29) is 11.3 Å². The normalized spacial score (nSPS) is 14.2. The number of allylic oxidation sites excluding steroid dienone is 4. The highest BCUT2D eigenvalue weighted by Gasteiger charge is 2.33. The maximum Gasteiger partial charge on any atom is 0.416 e. The second-order valence-corrected chi connectivity index (χ2v) is 3.58. The lowest BCUT2D eigenvalue weighted by Crippen LogP contribution is -2.16. The number of hydrogen-bond donors (Lipinski definition) is 0. The Hall–Kier alpha value is -1.44. The highest BCUT2D eigenvalue weighted by molar-refractivity contribution is 5.36. The minimum absolute atomic E-state index is 0.0138. The molecule has 0 rings (SSSR count). The summed E-state index contributed by atoms with van der Waals surface area (Å²) in [5.41, 5.74) is -0.525. The van der Waals surface area contributed by atoms with Crippen molar-refractivity contribution in [3.63, 3.8) is 0 Å². The van der Waals surface area contributed by atoms with Crippen LogP contribution in [0.4, 0.5) is 13.2 Å². The third kappa shape index (κ3) is 3.97. The molecule has 2 nitrogen and oxygen atoms in total. The zero-order chi connectivity index (χ0) is 12.9. The van der Waals surface area contributed by atoms with Crippen LogP contribution in [0.15, 0.2) is 22.9 Å². The van der Waals surface area contributed by atoms with E-state index in [1.165, 1.54) is 25.9 Å². The Balaban J connectivity index is 5.53. The van der Waals surface area contributed by atoms with Gasteiger partial charge in [0.15, 0.2) is 0 Å². The molecule has 0 aromatic heterocycles. The standard InChI is InChI=1S/C11H15F3N2/c1-5-8(2)10(11(12,13)14)6-9(7-15)16(3)4/h6H,5H2,1-4H3/b9-6-,10-8+. The maximum atomic E-state index is 12.7. The lowest BCUT2D eigenvalue weighted by molar-refractivity contribution is -0.0892. The Bertz CT molecular complexity index is 343. The molecule has 0 aliphatic carbocycles. The fourth-order valence-corrected chi connectivity index (χ4v) is 1.04. The monoisotopic (exact) mass is 232 g/mol. The zero-order valence-corrected chi connectivity index (χ0v) is 9.81. The van der Waals surface area contributed by atoms with Crippen molar-refractivity contribution in [1.82, 2.24) is 4.90 Å². The molecular formula is C11H15F3N2. The van der Waals surface area contributed by atoms with Gasteiger partial charge in [0.2, 0.25) is 0 Å². The van der Waals surface area contributed by atoms with Crippen LogP contribution in [0, 0.1) is 11.3 Å². The van der Waals surface area contributed by atoms with Gasteiger partial charge in [0.05, 0.1) is 5.57 Å². The Kier molecular flexibility index (Phi) is 5.09. The van der Waals surface area contributed by atoms with Gasteiger partial charge in [-0.25, -0.2) is 0 Å². The largest absolute Gasteiger partial charge is 0.416 e. The van der Waals surface area contributed by atoms with Gasteiger partial charge < -0.3 is 4.90 Å². The van der Waals surface area contributed by atoms with Crippen LogP contribution in [0.3, 0.4) is 0 Å². The molecule has 0 bridgehead atoms. The van der Waals surface area contributed by atoms with Gasteiger partial charge in [-0.1, -0.05) is 12.5 Å². The Morgan fingerprint density at radius 2 is 1.88 bits per heavy atom. The van der Waals surface area contributed by atoms with Gasteiger partial charge in [-0.15, -0.1) is 0 Å². The fraction of sp³-hybridized carbons (Fsp3) is 0.545. The van der Waals surface area contributed by atoms with Crippen molar-refractivity contribution in [3.8, 4) is 6.07 Å². The van der Waals surface area contributed by atoms with E-state index in [0.717, 1.165) is 6.08 Å². The molecule has 5 heteroatoms. The first-order chi connectivity index (χ1) is 7.23. The minimum atomic E-state index is -4.42. The van der Waals surface area contributed by atoms with Gasteiger partial charge in [0.1, 0.15) is 11.8 Å². The molecule has 0 unspecified atom stereocenters. The molecule has 0 fully saturated rings. The predicted octanol–water partition coefficient (Wildman–Crippen LogP) is 3.24. The summed E-state index contributed by atoms with van der Waals surface area (Å²) < 4.78 is 38.1. The third-order valence-electron chi connectivity index (χ3n) is 2.17. The van der Waals surface area contributed by atoms with Crippen molar-refractivity contribution in [1.29, 1.82) is 5.26 Å². The maximum absolute atomic E-state index is 12.7. The molecule has 0 spiro atoms. The molecule has 90 valence electrons. The molecular weight excluding hydrogens is 217 g/mol. The number of nitriles is 1. The number of halogens is 3. The Labute approximate surface area is 93.7 Å². The van der Waals surface area contributed by atoms with Crippen LogP contribution in [-0.2, 0) is 0 Å². The van der Waals surface area contributed by atoms with Crippen LogP contribution in [0.2, 0.25) is 0 Å². The van der Waals surface area contributed by atoms with E-state index in [0.29, 0.717) is 6.42 Å². The van der Waals surface area contributed by atoms with Crippen molar-refractivity contribution in [2.75, 3.05) is 14.1 Å². The predicted molar refractivity (Wildman–Crippen MR) is 56.4 cm³/mol. The summed E-state index contributed by atoms with van der Waals surface area (Å²) in [4.78, 5) is 1.36. The minimum Gasteiger partial charge on any atom is -0.369 e. The SMILES string of the molecule is CC/C(C)=C(\C=C(\C#N)N(C)C)C(F)(F)F. The molecule has 0 aromatic carbocycles. The highest BCUT2D eigenvalue weighted by Crippen LogP contribution is 2.31. The van der Waals surface area contributed by atoms with Gasteiger partial charge in [0.25, 0.3) is 0 Å². The smallest absolute Gasteiger partial charge is 0.369 e. The van der Waals surface area contributed by atoms with Gasteiger partial charge >= 0.3 is 6.18 Å². The second kappa shape index (κ2) is 5.59. The molecule has 0 saturated heterocycles. The van der Waals surface area contributed by atoms with Crippen molar-refractivity contribution in [2.24, 2.45) is 0 Å². The molecule has 0 radical (unpaired) electrons. The number of rotatable bonds is 3. The molecule has 0 N–H and O–H groups in total. The lowest BCUT2D eigenvalue weighted by atomic mass is 10.1. The average molecular weight is 232 g/mol. The molecule has 0 heterocycles. The molecule has 0 aromatic rings. The summed E-state index contributed by atoms with van der Waals surface area (Å²) >= 11 is 0. The lowest BCUT2D eigenvalue weighted by Gasteiger charge is -2.15. The average Bonchev–Trinajstić information content (AvgIpc) is 2.15. The topological polar surface area (TPSA) is 27.0 Å². The van der Waals surface area contributed by atoms with E-state index in [1.807, 2.05) is 0 Å². The Morgan fingerprint density at radius 1 is 1.38 bits per heavy atom. The summed E-state index contributed by atoms with van der Waals surface area (Å²) in [5, 5.41) is 8.72. The molecule has 16 heavy (non-hydrogen) atoms. The number of nitrogens with zero attached hydrogens (tertiary/aromatic N) is 2. The van der Waals surface area contributed by atoms with Crippen molar-refractivity contribution < 1.29 is 13.2 Å². The van der Waals surface area contributed by atoms with E-state index in [9.17, 15) is 13.2 Å². The summed E-state index contributed by atoms with van der Waals surface area (Å²) in [5.74, 6) is 0. The van der Waals surface area contributed by atoms with Crippen LogP contribution < -0.4 is 0 Å². The van der Waals surface area contributed by atoms with E-state index >= 15 is 0 Å². The first-order valence-electron chi connectivity index (χ1n) is 4.80.